The monoisotopic (exact) mass is 474 g/mol. The molecule has 0 saturated carbocycles. The van der Waals surface area contributed by atoms with Crippen LogP contribution in [-0.2, 0) is 24.5 Å². The van der Waals surface area contributed by atoms with Crippen LogP contribution in [0, 0.1) is 0 Å². The van der Waals surface area contributed by atoms with Crippen molar-refractivity contribution in [1.29, 1.82) is 0 Å². The second-order valence-corrected chi connectivity index (χ2v) is 8.84. The number of hydrogen-bond acceptors (Lipinski definition) is 5. The molecular weight excluding hydrogens is 444 g/mol. The van der Waals surface area contributed by atoms with E-state index in [1.165, 1.54) is 4.90 Å². The molecule has 1 aromatic heterocycles. The van der Waals surface area contributed by atoms with Crippen LogP contribution in [0.1, 0.15) is 43.4 Å². The van der Waals surface area contributed by atoms with Crippen LogP contribution >= 0.6 is 0 Å². The molecule has 35 heavy (non-hydrogen) atoms. The molecule has 1 N–H and O–H groups in total. The van der Waals surface area contributed by atoms with E-state index in [2.05, 4.69) is 10.4 Å². The molecular formula is C27H30N4O4. The number of carbonyl (C=O) groups excluding carboxylic acids is 3. The highest BCUT2D eigenvalue weighted by Gasteiger charge is 2.53. The van der Waals surface area contributed by atoms with Crippen LogP contribution in [0.2, 0.25) is 0 Å². The lowest BCUT2D eigenvalue weighted by Crippen LogP contribution is -2.43. The maximum absolute atomic E-state index is 13.6. The predicted molar refractivity (Wildman–Crippen MR) is 131 cm³/mol. The quantitative estimate of drug-likeness (QED) is 0.360. The van der Waals surface area contributed by atoms with Crippen molar-refractivity contribution in [1.82, 2.24) is 20.0 Å². The summed E-state index contributed by atoms with van der Waals surface area (Å²) < 4.78 is 6.82. The van der Waals surface area contributed by atoms with Gasteiger partial charge in [0, 0.05) is 44.9 Å². The minimum Gasteiger partial charge on any atom is -0.385 e. The van der Waals surface area contributed by atoms with E-state index < -0.39 is 5.41 Å². The summed E-state index contributed by atoms with van der Waals surface area (Å²) in [6, 6.07) is 18.5. The molecule has 1 aliphatic heterocycles. The number of para-hydroxylation sites is 1. The standard InChI is InChI=1S/C27H30N4O4/c1-20(21-18-28-31(19-21)23-12-7-4-8-13-23)29-24(32)16-27(22-10-5-3-6-11-22)17-25(33)30(26(27)34)14-9-15-35-2/h3-8,10-13,18-20H,9,14-17H2,1-2H3,(H,29,32)/t20-,27+/m0/s1. The Morgan fingerprint density at radius 2 is 1.80 bits per heavy atom. The minimum atomic E-state index is -1.22. The van der Waals surface area contributed by atoms with Crippen molar-refractivity contribution in [2.45, 2.75) is 37.6 Å². The summed E-state index contributed by atoms with van der Waals surface area (Å²) in [6.07, 6.45) is 3.99. The van der Waals surface area contributed by atoms with Gasteiger partial charge in [0.05, 0.1) is 23.3 Å². The van der Waals surface area contributed by atoms with Crippen LogP contribution in [0.25, 0.3) is 5.69 Å². The highest BCUT2D eigenvalue weighted by atomic mass is 16.5. The van der Waals surface area contributed by atoms with E-state index >= 15 is 0 Å². The maximum Gasteiger partial charge on any atom is 0.240 e. The summed E-state index contributed by atoms with van der Waals surface area (Å²) in [5, 5.41) is 7.39. The lowest BCUT2D eigenvalue weighted by Gasteiger charge is -2.27. The van der Waals surface area contributed by atoms with E-state index in [0.717, 1.165) is 11.3 Å². The average Bonchev–Trinajstić information content (AvgIpc) is 3.45. The number of benzene rings is 2. The molecule has 1 aliphatic rings. The molecule has 4 rings (SSSR count). The Labute approximate surface area is 204 Å². The molecule has 8 nitrogen and oxygen atoms in total. The highest BCUT2D eigenvalue weighted by Crippen LogP contribution is 2.40. The van der Waals surface area contributed by atoms with Crippen molar-refractivity contribution in [2.24, 2.45) is 0 Å². The van der Waals surface area contributed by atoms with Gasteiger partial charge in [-0.3, -0.25) is 19.3 Å². The van der Waals surface area contributed by atoms with Crippen LogP contribution in [0.3, 0.4) is 0 Å². The van der Waals surface area contributed by atoms with Gasteiger partial charge in [-0.15, -0.1) is 0 Å². The topological polar surface area (TPSA) is 93.5 Å². The van der Waals surface area contributed by atoms with Crippen molar-refractivity contribution in [3.05, 3.63) is 84.2 Å². The molecule has 3 aromatic rings. The van der Waals surface area contributed by atoms with Gasteiger partial charge in [0.15, 0.2) is 0 Å². The Morgan fingerprint density at radius 3 is 2.49 bits per heavy atom. The number of nitrogens with one attached hydrogen (secondary N) is 1. The zero-order valence-electron chi connectivity index (χ0n) is 20.0. The molecule has 0 aliphatic carbocycles. The Morgan fingerprint density at radius 1 is 1.11 bits per heavy atom. The summed E-state index contributed by atoms with van der Waals surface area (Å²) in [5.74, 6) is -0.891. The zero-order valence-corrected chi connectivity index (χ0v) is 20.0. The van der Waals surface area contributed by atoms with Crippen molar-refractivity contribution in [2.75, 3.05) is 20.3 Å². The third kappa shape index (κ3) is 5.17. The fourth-order valence-corrected chi connectivity index (χ4v) is 4.55. The number of hydrogen-bond donors (Lipinski definition) is 1. The third-order valence-corrected chi connectivity index (χ3v) is 6.43. The number of nitrogens with zero attached hydrogens (tertiary/aromatic N) is 3. The zero-order chi connectivity index (χ0) is 24.8. The molecule has 3 amide bonds. The highest BCUT2D eigenvalue weighted by molar-refractivity contribution is 6.10. The molecule has 2 atom stereocenters. The Bertz CT molecular complexity index is 1180. The number of methoxy groups -OCH3 is 1. The molecule has 1 saturated heterocycles. The fourth-order valence-electron chi connectivity index (χ4n) is 4.55. The first-order chi connectivity index (χ1) is 16.9. The molecule has 8 heteroatoms. The maximum atomic E-state index is 13.6. The van der Waals surface area contributed by atoms with E-state index in [4.69, 9.17) is 4.74 Å². The van der Waals surface area contributed by atoms with Crippen LogP contribution in [0.4, 0.5) is 0 Å². The largest absolute Gasteiger partial charge is 0.385 e. The van der Waals surface area contributed by atoms with Gasteiger partial charge >= 0.3 is 0 Å². The van der Waals surface area contributed by atoms with E-state index in [0.29, 0.717) is 18.6 Å². The molecule has 0 bridgehead atoms. The second kappa shape index (κ2) is 10.7. The number of carbonyl (C=O) groups is 3. The normalized spacial score (nSPS) is 18.6. The predicted octanol–water partition coefficient (Wildman–Crippen LogP) is 3.17. The van der Waals surface area contributed by atoms with Gasteiger partial charge in [0.25, 0.3) is 0 Å². The number of likely N-dealkylation sites (tertiary alicyclic amines) is 1. The molecule has 2 heterocycles. The van der Waals surface area contributed by atoms with Crippen LogP contribution < -0.4 is 5.32 Å². The fraction of sp³-hybridized carbons (Fsp3) is 0.333. The first-order valence-corrected chi connectivity index (χ1v) is 11.7. The summed E-state index contributed by atoms with van der Waals surface area (Å²) >= 11 is 0. The first-order valence-electron chi connectivity index (χ1n) is 11.7. The summed E-state index contributed by atoms with van der Waals surface area (Å²) in [5.41, 5.74) is 1.21. The number of rotatable bonds is 10. The van der Waals surface area contributed by atoms with Crippen LogP contribution in [0.15, 0.2) is 73.1 Å². The van der Waals surface area contributed by atoms with Crippen LogP contribution in [0.5, 0.6) is 0 Å². The van der Waals surface area contributed by atoms with E-state index in [1.807, 2.05) is 73.8 Å². The van der Waals surface area contributed by atoms with Crippen molar-refractivity contribution < 1.29 is 19.1 Å². The Hall–Kier alpha value is -3.78. The minimum absolute atomic E-state index is 0.0312. The molecule has 182 valence electrons. The second-order valence-electron chi connectivity index (χ2n) is 8.84. The van der Waals surface area contributed by atoms with Gasteiger partial charge in [-0.25, -0.2) is 4.68 Å². The van der Waals surface area contributed by atoms with E-state index in [1.54, 1.807) is 18.0 Å². The van der Waals surface area contributed by atoms with Gasteiger partial charge in [-0.2, -0.15) is 5.10 Å². The summed E-state index contributed by atoms with van der Waals surface area (Å²) in [7, 11) is 1.58. The SMILES string of the molecule is COCCCN1C(=O)C[C@](CC(=O)N[C@@H](C)c2cnn(-c3ccccc3)c2)(c2ccccc2)C1=O. The third-order valence-electron chi connectivity index (χ3n) is 6.43. The Kier molecular flexibility index (Phi) is 7.41. The number of ether oxygens (including phenoxy) is 1. The molecule has 2 aromatic carbocycles. The van der Waals surface area contributed by atoms with E-state index in [9.17, 15) is 14.4 Å². The van der Waals surface area contributed by atoms with Crippen LogP contribution in [-0.4, -0.2) is 52.7 Å². The van der Waals surface area contributed by atoms with Gasteiger partial charge in [0.2, 0.25) is 17.7 Å². The van der Waals surface area contributed by atoms with Crippen molar-refractivity contribution in [3.63, 3.8) is 0 Å². The molecule has 0 unspecified atom stereocenters. The lowest BCUT2D eigenvalue weighted by atomic mass is 9.75. The number of amides is 3. The molecule has 0 spiro atoms. The van der Waals surface area contributed by atoms with Gasteiger partial charge in [-0.05, 0) is 31.0 Å². The number of imide groups is 1. The summed E-state index contributed by atoms with van der Waals surface area (Å²) in [4.78, 5) is 40.9. The summed E-state index contributed by atoms with van der Waals surface area (Å²) in [6.45, 7) is 2.60. The molecule has 0 radical (unpaired) electrons. The Balaban J connectivity index is 1.51. The van der Waals surface area contributed by atoms with Crippen molar-refractivity contribution in [3.8, 4) is 5.69 Å². The first kappa shape index (κ1) is 24.3. The molecule has 1 fully saturated rings. The van der Waals surface area contributed by atoms with Gasteiger partial charge in [-0.1, -0.05) is 48.5 Å². The van der Waals surface area contributed by atoms with Gasteiger partial charge < -0.3 is 10.1 Å². The smallest absolute Gasteiger partial charge is 0.240 e. The number of aromatic nitrogens is 2. The van der Waals surface area contributed by atoms with Crippen molar-refractivity contribution >= 4 is 17.7 Å². The average molecular weight is 475 g/mol. The van der Waals surface area contributed by atoms with Gasteiger partial charge in [0.1, 0.15) is 0 Å². The van der Waals surface area contributed by atoms with E-state index in [-0.39, 0.29) is 43.1 Å². The lowest BCUT2D eigenvalue weighted by molar-refractivity contribution is -0.141.